The van der Waals surface area contributed by atoms with E-state index in [2.05, 4.69) is 5.32 Å². The molecule has 2 aromatic rings. The van der Waals surface area contributed by atoms with E-state index in [9.17, 15) is 27.5 Å². The van der Waals surface area contributed by atoms with E-state index in [4.69, 9.17) is 4.74 Å². The van der Waals surface area contributed by atoms with E-state index < -0.39 is 32.6 Å². The van der Waals surface area contributed by atoms with Crippen LogP contribution in [0.2, 0.25) is 0 Å². The van der Waals surface area contributed by atoms with Crippen molar-refractivity contribution in [1.29, 1.82) is 0 Å². The largest absolute Gasteiger partial charge is 0.545 e. The second-order valence-corrected chi connectivity index (χ2v) is 7.89. The van der Waals surface area contributed by atoms with Crippen LogP contribution in [0.5, 0.6) is 0 Å². The monoisotopic (exact) mass is 407 g/mol. The number of nitrogens with one attached hydrogen (secondary N) is 1. The van der Waals surface area contributed by atoms with Crippen molar-refractivity contribution in [2.24, 2.45) is 0 Å². The molecular weight excluding hydrogens is 391 g/mol. The maximum atomic E-state index is 14.2. The molecule has 1 N–H and O–H groups in total. The fourth-order valence-electron chi connectivity index (χ4n) is 2.66. The van der Waals surface area contributed by atoms with Gasteiger partial charge in [0.2, 0.25) is 10.0 Å². The molecule has 0 saturated carbocycles. The van der Waals surface area contributed by atoms with Gasteiger partial charge in [-0.15, -0.1) is 0 Å². The summed E-state index contributed by atoms with van der Waals surface area (Å²) in [7, 11) is -4.11. The van der Waals surface area contributed by atoms with Crippen molar-refractivity contribution in [3.05, 3.63) is 59.4 Å². The molecule has 0 aromatic heterocycles. The summed E-state index contributed by atoms with van der Waals surface area (Å²) in [5.74, 6) is -2.98. The number of aromatic carboxylic acids is 1. The number of morpholine rings is 1. The smallest absolute Gasteiger partial charge is 0.255 e. The van der Waals surface area contributed by atoms with Gasteiger partial charge in [-0.3, -0.25) is 4.79 Å². The van der Waals surface area contributed by atoms with Crippen molar-refractivity contribution in [1.82, 2.24) is 4.31 Å². The molecule has 28 heavy (non-hydrogen) atoms. The molecule has 0 spiro atoms. The van der Waals surface area contributed by atoms with Gasteiger partial charge in [-0.2, -0.15) is 4.31 Å². The molecule has 1 fully saturated rings. The van der Waals surface area contributed by atoms with E-state index in [0.717, 1.165) is 16.4 Å². The van der Waals surface area contributed by atoms with E-state index in [0.29, 0.717) is 0 Å². The number of rotatable bonds is 5. The molecule has 0 unspecified atom stereocenters. The lowest BCUT2D eigenvalue weighted by atomic mass is 10.2. The Balaban J connectivity index is 1.83. The Kier molecular flexibility index (Phi) is 5.73. The van der Waals surface area contributed by atoms with Gasteiger partial charge in [0, 0.05) is 24.3 Å². The first-order chi connectivity index (χ1) is 13.3. The quantitative estimate of drug-likeness (QED) is 0.770. The summed E-state index contributed by atoms with van der Waals surface area (Å²) < 4.78 is 45.8. The Morgan fingerprint density at radius 3 is 2.25 bits per heavy atom. The Labute approximate surface area is 160 Å². The SMILES string of the molecule is O=C([O-])c1ccc(NC(=O)c2ccc(F)c(S(=O)(=O)N3CCOCC3)c2)cc1. The van der Waals surface area contributed by atoms with Gasteiger partial charge in [-0.25, -0.2) is 12.8 Å². The number of carboxylic acid groups (broad SMARTS) is 1. The third-order valence-corrected chi connectivity index (χ3v) is 6.07. The Morgan fingerprint density at radius 2 is 1.64 bits per heavy atom. The minimum Gasteiger partial charge on any atom is -0.545 e. The van der Waals surface area contributed by atoms with Gasteiger partial charge in [-0.05, 0) is 35.9 Å². The second-order valence-electron chi connectivity index (χ2n) is 5.98. The van der Waals surface area contributed by atoms with Crippen molar-refractivity contribution >= 4 is 27.6 Å². The van der Waals surface area contributed by atoms with E-state index in [1.54, 1.807) is 0 Å². The van der Waals surface area contributed by atoms with Crippen LogP contribution in [0.15, 0.2) is 47.4 Å². The number of nitrogens with zero attached hydrogens (tertiary/aromatic N) is 1. The fourth-order valence-corrected chi connectivity index (χ4v) is 4.16. The summed E-state index contributed by atoms with van der Waals surface area (Å²) in [6.07, 6.45) is 0. The van der Waals surface area contributed by atoms with Crippen LogP contribution in [0.25, 0.3) is 0 Å². The standard InChI is InChI=1S/C18H17FN2O6S/c19-15-6-3-13(11-16(15)28(25,26)21-7-9-27-10-8-21)17(22)20-14-4-1-12(2-5-14)18(23)24/h1-6,11H,7-10H2,(H,20,22)(H,23,24)/p-1. The first-order valence-electron chi connectivity index (χ1n) is 8.29. The maximum Gasteiger partial charge on any atom is 0.255 e. The van der Waals surface area contributed by atoms with Crippen LogP contribution in [0, 0.1) is 5.82 Å². The van der Waals surface area contributed by atoms with Crippen molar-refractivity contribution in [3.63, 3.8) is 0 Å². The zero-order valence-electron chi connectivity index (χ0n) is 14.6. The Morgan fingerprint density at radius 1 is 1.04 bits per heavy atom. The van der Waals surface area contributed by atoms with Gasteiger partial charge in [-0.1, -0.05) is 12.1 Å². The van der Waals surface area contributed by atoms with Crippen molar-refractivity contribution in [3.8, 4) is 0 Å². The predicted molar refractivity (Wildman–Crippen MR) is 94.7 cm³/mol. The van der Waals surface area contributed by atoms with Crippen LogP contribution in [0.4, 0.5) is 10.1 Å². The fraction of sp³-hybridized carbons (Fsp3) is 0.222. The Bertz CT molecular complexity index is 1000. The van der Waals surface area contributed by atoms with Crippen molar-refractivity contribution in [2.75, 3.05) is 31.6 Å². The zero-order chi connectivity index (χ0) is 20.3. The number of ether oxygens (including phenoxy) is 1. The molecule has 1 aliphatic heterocycles. The molecule has 0 bridgehead atoms. The van der Waals surface area contributed by atoms with Crippen molar-refractivity contribution < 1.29 is 32.2 Å². The van der Waals surface area contributed by atoms with Gasteiger partial charge >= 0.3 is 0 Å². The first kappa shape index (κ1) is 19.9. The highest BCUT2D eigenvalue weighted by Crippen LogP contribution is 2.22. The summed E-state index contributed by atoms with van der Waals surface area (Å²) in [5.41, 5.74) is 0.174. The van der Waals surface area contributed by atoms with Crippen LogP contribution in [0.1, 0.15) is 20.7 Å². The summed E-state index contributed by atoms with van der Waals surface area (Å²) >= 11 is 0. The topological polar surface area (TPSA) is 116 Å². The molecule has 1 heterocycles. The molecular formula is C18H16FN2O6S-. The number of carbonyl (C=O) groups excluding carboxylic acids is 2. The number of hydrogen-bond donors (Lipinski definition) is 1. The third-order valence-electron chi connectivity index (χ3n) is 4.16. The molecule has 2 aromatic carbocycles. The summed E-state index contributed by atoms with van der Waals surface area (Å²) in [6, 6.07) is 8.29. The number of carboxylic acids is 1. The molecule has 0 atom stereocenters. The molecule has 0 aliphatic carbocycles. The van der Waals surface area contributed by atoms with Crippen LogP contribution in [0.3, 0.4) is 0 Å². The lowest BCUT2D eigenvalue weighted by Gasteiger charge is -2.26. The molecule has 1 amide bonds. The number of hydrogen-bond acceptors (Lipinski definition) is 6. The van der Waals surface area contributed by atoms with Crippen LogP contribution < -0.4 is 10.4 Å². The first-order valence-corrected chi connectivity index (χ1v) is 9.73. The van der Waals surface area contributed by atoms with E-state index in [1.807, 2.05) is 0 Å². The number of anilines is 1. The minimum atomic E-state index is -4.11. The maximum absolute atomic E-state index is 14.2. The van der Waals surface area contributed by atoms with Crippen molar-refractivity contribution in [2.45, 2.75) is 4.90 Å². The van der Waals surface area contributed by atoms with Crippen LogP contribution in [-0.2, 0) is 14.8 Å². The highest BCUT2D eigenvalue weighted by Gasteiger charge is 2.29. The third kappa shape index (κ3) is 4.19. The average Bonchev–Trinajstić information content (AvgIpc) is 2.69. The number of halogens is 1. The van der Waals surface area contributed by atoms with E-state index in [1.165, 1.54) is 30.3 Å². The lowest BCUT2D eigenvalue weighted by molar-refractivity contribution is -0.255. The minimum absolute atomic E-state index is 0.0568. The number of sulfonamides is 1. The highest BCUT2D eigenvalue weighted by atomic mass is 32.2. The van der Waals surface area contributed by atoms with Crippen LogP contribution in [-0.4, -0.2) is 50.9 Å². The normalized spacial score (nSPS) is 15.2. The van der Waals surface area contributed by atoms with Gasteiger partial charge in [0.1, 0.15) is 10.7 Å². The Hall–Kier alpha value is -2.82. The molecule has 8 nitrogen and oxygen atoms in total. The summed E-state index contributed by atoms with van der Waals surface area (Å²) in [6.45, 7) is 0.623. The number of benzene rings is 2. The molecule has 10 heteroatoms. The highest BCUT2D eigenvalue weighted by molar-refractivity contribution is 7.89. The van der Waals surface area contributed by atoms with E-state index >= 15 is 0 Å². The molecule has 1 aliphatic rings. The molecule has 0 radical (unpaired) electrons. The average molecular weight is 407 g/mol. The molecule has 1 saturated heterocycles. The second kappa shape index (κ2) is 8.05. The lowest BCUT2D eigenvalue weighted by Crippen LogP contribution is -2.41. The van der Waals surface area contributed by atoms with Gasteiger partial charge in [0.15, 0.2) is 0 Å². The zero-order valence-corrected chi connectivity index (χ0v) is 15.4. The molecule has 3 rings (SSSR count). The van der Waals surface area contributed by atoms with Crippen LogP contribution >= 0.6 is 0 Å². The number of amides is 1. The number of carbonyl (C=O) groups is 2. The van der Waals surface area contributed by atoms with E-state index in [-0.39, 0.29) is 43.1 Å². The van der Waals surface area contributed by atoms with Gasteiger partial charge in [0.05, 0.1) is 19.2 Å². The predicted octanol–water partition coefficient (Wildman–Crippen LogP) is 0.462. The summed E-state index contributed by atoms with van der Waals surface area (Å²) in [4.78, 5) is 22.6. The van der Waals surface area contributed by atoms with Gasteiger partial charge in [0.25, 0.3) is 5.91 Å². The molecule has 148 valence electrons. The van der Waals surface area contributed by atoms with Gasteiger partial charge < -0.3 is 20.0 Å². The summed E-state index contributed by atoms with van der Waals surface area (Å²) in [5, 5.41) is 13.2.